The molecular weight excluding hydrogens is 267 g/mol. The van der Waals surface area contributed by atoms with Crippen LogP contribution in [-0.2, 0) is 0 Å². The molecule has 102 valence electrons. The molecule has 1 heterocycles. The van der Waals surface area contributed by atoms with Crippen LogP contribution in [0.4, 0.5) is 15.8 Å². The van der Waals surface area contributed by atoms with Crippen LogP contribution in [-0.4, -0.2) is 20.8 Å². The first-order chi connectivity index (χ1) is 9.47. The number of carbonyl (C=O) groups is 1. The summed E-state index contributed by atoms with van der Waals surface area (Å²) in [6.07, 6.45) is 2.71. The van der Waals surface area contributed by atoms with Gasteiger partial charge in [0.15, 0.2) is 0 Å². The number of benzene rings is 1. The Morgan fingerprint density at radius 1 is 1.35 bits per heavy atom. The van der Waals surface area contributed by atoms with Crippen LogP contribution < -0.4 is 5.32 Å². The first kappa shape index (κ1) is 13.5. The van der Waals surface area contributed by atoms with Crippen molar-refractivity contribution in [2.45, 2.75) is 6.92 Å². The number of nitrogens with one attached hydrogen (secondary N) is 1. The van der Waals surface area contributed by atoms with Crippen molar-refractivity contribution in [1.82, 2.24) is 9.97 Å². The van der Waals surface area contributed by atoms with E-state index in [2.05, 4.69) is 15.3 Å². The minimum absolute atomic E-state index is 0.0642. The Balaban J connectivity index is 2.18. The van der Waals surface area contributed by atoms with Gasteiger partial charge in [-0.15, -0.1) is 0 Å². The third-order valence-corrected chi connectivity index (χ3v) is 2.42. The second-order valence-corrected chi connectivity index (χ2v) is 3.92. The average molecular weight is 276 g/mol. The van der Waals surface area contributed by atoms with Gasteiger partial charge in [-0.05, 0) is 13.0 Å². The van der Waals surface area contributed by atoms with Crippen LogP contribution in [0.25, 0.3) is 0 Å². The van der Waals surface area contributed by atoms with Gasteiger partial charge in [-0.1, -0.05) is 0 Å². The molecule has 1 N–H and O–H groups in total. The van der Waals surface area contributed by atoms with E-state index in [0.717, 1.165) is 12.1 Å². The van der Waals surface area contributed by atoms with Crippen molar-refractivity contribution in [1.29, 1.82) is 0 Å². The van der Waals surface area contributed by atoms with Crippen molar-refractivity contribution >= 4 is 17.3 Å². The summed E-state index contributed by atoms with van der Waals surface area (Å²) in [6, 6.07) is 3.09. The van der Waals surface area contributed by atoms with Crippen LogP contribution >= 0.6 is 0 Å². The standard InChI is InChI=1S/C12H9FN4O3/c1-7-5-15-10(6-14-7)12(18)16-8-2-3-11(17(19)20)9(13)4-8/h2-6H,1H3,(H,16,18). The van der Waals surface area contributed by atoms with Gasteiger partial charge >= 0.3 is 5.69 Å². The number of nitrogens with zero attached hydrogens (tertiary/aromatic N) is 3. The van der Waals surface area contributed by atoms with Crippen LogP contribution in [0.2, 0.25) is 0 Å². The van der Waals surface area contributed by atoms with Crippen molar-refractivity contribution < 1.29 is 14.1 Å². The fourth-order valence-corrected chi connectivity index (χ4v) is 1.44. The Hall–Kier alpha value is -2.90. The number of anilines is 1. The maximum absolute atomic E-state index is 13.4. The number of nitro benzene ring substituents is 1. The predicted octanol–water partition coefficient (Wildman–Crippen LogP) is 2.08. The highest BCUT2D eigenvalue weighted by Gasteiger charge is 2.15. The Morgan fingerprint density at radius 3 is 2.65 bits per heavy atom. The lowest BCUT2D eigenvalue weighted by Crippen LogP contribution is -2.14. The monoisotopic (exact) mass is 276 g/mol. The smallest absolute Gasteiger partial charge is 0.304 e. The summed E-state index contributed by atoms with van der Waals surface area (Å²) in [4.78, 5) is 29.2. The number of carbonyl (C=O) groups excluding carboxylic acids is 1. The quantitative estimate of drug-likeness (QED) is 0.683. The van der Waals surface area contributed by atoms with Crippen LogP contribution in [0.15, 0.2) is 30.6 Å². The van der Waals surface area contributed by atoms with E-state index in [4.69, 9.17) is 0 Å². The highest BCUT2D eigenvalue weighted by Crippen LogP contribution is 2.21. The summed E-state index contributed by atoms with van der Waals surface area (Å²) in [5.41, 5.74) is 0.163. The molecular formula is C12H9FN4O3. The zero-order valence-electron chi connectivity index (χ0n) is 10.3. The van der Waals surface area contributed by atoms with Crippen LogP contribution in [0.5, 0.6) is 0 Å². The van der Waals surface area contributed by atoms with Crippen molar-refractivity contribution in [3.05, 3.63) is 57.9 Å². The third kappa shape index (κ3) is 2.91. The molecule has 0 aliphatic heterocycles. The largest absolute Gasteiger partial charge is 0.320 e. The van der Waals surface area contributed by atoms with E-state index in [-0.39, 0.29) is 11.4 Å². The lowest BCUT2D eigenvalue weighted by Gasteiger charge is -2.04. The molecule has 20 heavy (non-hydrogen) atoms. The molecule has 2 rings (SSSR count). The highest BCUT2D eigenvalue weighted by molar-refractivity contribution is 6.02. The molecule has 8 heteroatoms. The van der Waals surface area contributed by atoms with Crippen molar-refractivity contribution in [2.24, 2.45) is 0 Å². The van der Waals surface area contributed by atoms with E-state index in [1.807, 2.05) is 0 Å². The van der Waals surface area contributed by atoms with Gasteiger partial charge in [-0.25, -0.2) is 4.98 Å². The molecule has 1 aromatic heterocycles. The first-order valence-corrected chi connectivity index (χ1v) is 5.51. The number of aromatic nitrogens is 2. The molecule has 0 spiro atoms. The number of rotatable bonds is 3. The van der Waals surface area contributed by atoms with Gasteiger partial charge in [-0.3, -0.25) is 19.9 Å². The lowest BCUT2D eigenvalue weighted by molar-refractivity contribution is -0.387. The summed E-state index contributed by atoms with van der Waals surface area (Å²) in [7, 11) is 0. The fraction of sp³-hybridized carbons (Fsp3) is 0.0833. The van der Waals surface area contributed by atoms with E-state index >= 15 is 0 Å². The summed E-state index contributed by atoms with van der Waals surface area (Å²) in [6.45, 7) is 1.72. The van der Waals surface area contributed by atoms with E-state index in [1.165, 1.54) is 18.5 Å². The summed E-state index contributed by atoms with van der Waals surface area (Å²) < 4.78 is 13.4. The topological polar surface area (TPSA) is 98.0 Å². The molecule has 0 aliphatic carbocycles. The van der Waals surface area contributed by atoms with Gasteiger partial charge in [0.25, 0.3) is 5.91 Å². The third-order valence-electron chi connectivity index (χ3n) is 2.42. The maximum atomic E-state index is 13.4. The molecule has 0 bridgehead atoms. The molecule has 0 unspecified atom stereocenters. The van der Waals surface area contributed by atoms with Gasteiger partial charge < -0.3 is 5.32 Å². The molecule has 2 aromatic rings. The van der Waals surface area contributed by atoms with Crippen molar-refractivity contribution in [3.63, 3.8) is 0 Å². The normalized spacial score (nSPS) is 10.1. The van der Waals surface area contributed by atoms with Gasteiger partial charge in [0, 0.05) is 24.0 Å². The maximum Gasteiger partial charge on any atom is 0.304 e. The van der Waals surface area contributed by atoms with Crippen LogP contribution in [0.3, 0.4) is 0 Å². The summed E-state index contributed by atoms with van der Waals surface area (Å²) in [5, 5.41) is 12.8. The van der Waals surface area contributed by atoms with Crippen molar-refractivity contribution in [3.8, 4) is 0 Å². The molecule has 0 atom stereocenters. The molecule has 0 fully saturated rings. The van der Waals surface area contributed by atoms with Gasteiger partial charge in [-0.2, -0.15) is 4.39 Å². The number of nitro groups is 1. The second-order valence-electron chi connectivity index (χ2n) is 3.92. The van der Waals surface area contributed by atoms with Crippen LogP contribution in [0, 0.1) is 22.9 Å². The lowest BCUT2D eigenvalue weighted by atomic mass is 10.2. The molecule has 1 amide bonds. The predicted molar refractivity (Wildman–Crippen MR) is 67.8 cm³/mol. The fourth-order valence-electron chi connectivity index (χ4n) is 1.44. The summed E-state index contributed by atoms with van der Waals surface area (Å²) >= 11 is 0. The molecule has 0 saturated carbocycles. The number of hydrogen-bond acceptors (Lipinski definition) is 5. The Bertz CT molecular complexity index is 673. The Labute approximate surface area is 112 Å². The molecule has 1 aromatic carbocycles. The molecule has 0 saturated heterocycles. The Kier molecular flexibility index (Phi) is 3.65. The molecule has 0 radical (unpaired) electrons. The summed E-state index contributed by atoms with van der Waals surface area (Å²) in [5.74, 6) is -1.60. The van der Waals surface area contributed by atoms with E-state index in [9.17, 15) is 19.3 Å². The average Bonchev–Trinajstić information content (AvgIpc) is 2.39. The SMILES string of the molecule is Cc1cnc(C(=O)Nc2ccc([N+](=O)[O-])c(F)c2)cn1. The van der Waals surface area contributed by atoms with Gasteiger partial charge in [0.1, 0.15) is 5.69 Å². The number of halogens is 1. The number of hydrogen-bond donors (Lipinski definition) is 1. The number of amides is 1. The van der Waals surface area contributed by atoms with Gasteiger partial charge in [0.05, 0.1) is 16.8 Å². The van der Waals surface area contributed by atoms with Crippen LogP contribution in [0.1, 0.15) is 16.2 Å². The zero-order valence-corrected chi connectivity index (χ0v) is 10.3. The highest BCUT2D eigenvalue weighted by atomic mass is 19.1. The molecule has 7 nitrogen and oxygen atoms in total. The van der Waals surface area contributed by atoms with E-state index in [0.29, 0.717) is 5.69 Å². The second kappa shape index (κ2) is 5.39. The van der Waals surface area contributed by atoms with Crippen molar-refractivity contribution in [2.75, 3.05) is 5.32 Å². The first-order valence-electron chi connectivity index (χ1n) is 5.51. The van der Waals surface area contributed by atoms with E-state index in [1.54, 1.807) is 6.92 Å². The number of aryl methyl sites for hydroxylation is 1. The van der Waals surface area contributed by atoms with Gasteiger partial charge in [0.2, 0.25) is 5.82 Å². The molecule has 0 aliphatic rings. The van der Waals surface area contributed by atoms with E-state index < -0.39 is 22.3 Å². The minimum atomic E-state index is -1.03. The zero-order chi connectivity index (χ0) is 14.7. The Morgan fingerprint density at radius 2 is 2.10 bits per heavy atom. The minimum Gasteiger partial charge on any atom is -0.320 e.